The van der Waals surface area contributed by atoms with Crippen LogP contribution in [0.25, 0.3) is 0 Å². The highest BCUT2D eigenvalue weighted by Crippen LogP contribution is 2.18. The Morgan fingerprint density at radius 2 is 2.21 bits per heavy atom. The van der Waals surface area contributed by atoms with Gasteiger partial charge in [0.15, 0.2) is 0 Å². The van der Waals surface area contributed by atoms with Crippen molar-refractivity contribution in [2.24, 2.45) is 0 Å². The maximum atomic E-state index is 11.9. The van der Waals surface area contributed by atoms with Gasteiger partial charge in [0, 0.05) is 12.3 Å². The number of benzene rings is 1. The summed E-state index contributed by atoms with van der Waals surface area (Å²) in [4.78, 5) is 24.9. The molecule has 1 aliphatic rings. The SMILES string of the molecule is Cc1ccccc1C(C)NC(=O)CN1CCSC1=O. The van der Waals surface area contributed by atoms with Gasteiger partial charge in [-0.1, -0.05) is 36.0 Å². The number of amides is 2. The third-order valence-electron chi connectivity index (χ3n) is 3.21. The highest BCUT2D eigenvalue weighted by atomic mass is 32.2. The summed E-state index contributed by atoms with van der Waals surface area (Å²) >= 11 is 1.27. The van der Waals surface area contributed by atoms with Gasteiger partial charge in [0.05, 0.1) is 6.04 Å². The predicted molar refractivity (Wildman–Crippen MR) is 77.2 cm³/mol. The third kappa shape index (κ3) is 3.50. The molecule has 1 aromatic rings. The van der Waals surface area contributed by atoms with Crippen LogP contribution >= 0.6 is 11.8 Å². The molecule has 5 heteroatoms. The third-order valence-corrected chi connectivity index (χ3v) is 4.10. The first-order chi connectivity index (χ1) is 9.08. The molecule has 1 N–H and O–H groups in total. The number of aryl methyl sites for hydroxylation is 1. The zero-order valence-corrected chi connectivity index (χ0v) is 12.0. The van der Waals surface area contributed by atoms with Crippen molar-refractivity contribution in [3.05, 3.63) is 35.4 Å². The second-order valence-corrected chi connectivity index (χ2v) is 5.73. The van der Waals surface area contributed by atoms with E-state index < -0.39 is 0 Å². The van der Waals surface area contributed by atoms with Gasteiger partial charge in [-0.3, -0.25) is 9.59 Å². The Morgan fingerprint density at radius 1 is 1.47 bits per heavy atom. The molecule has 4 nitrogen and oxygen atoms in total. The standard InChI is InChI=1S/C14H18N2O2S/c1-10-5-3-4-6-12(10)11(2)15-13(17)9-16-7-8-19-14(16)18/h3-6,11H,7-9H2,1-2H3,(H,15,17). The lowest BCUT2D eigenvalue weighted by Gasteiger charge is -2.19. The summed E-state index contributed by atoms with van der Waals surface area (Å²) < 4.78 is 0. The molecule has 102 valence electrons. The fourth-order valence-electron chi connectivity index (χ4n) is 2.18. The molecular weight excluding hydrogens is 260 g/mol. The van der Waals surface area contributed by atoms with Crippen LogP contribution in [0.15, 0.2) is 24.3 Å². The minimum absolute atomic E-state index is 0.00121. The summed E-state index contributed by atoms with van der Waals surface area (Å²) in [6.07, 6.45) is 0. The Kier molecular flexibility index (Phi) is 4.47. The summed E-state index contributed by atoms with van der Waals surface area (Å²) in [5.74, 6) is 0.672. The second-order valence-electron chi connectivity index (χ2n) is 4.68. The predicted octanol–water partition coefficient (Wildman–Crippen LogP) is 2.34. The topological polar surface area (TPSA) is 49.4 Å². The minimum atomic E-state index is -0.105. The molecule has 1 heterocycles. The summed E-state index contributed by atoms with van der Waals surface area (Å²) in [7, 11) is 0. The number of nitrogens with one attached hydrogen (secondary N) is 1. The fraction of sp³-hybridized carbons (Fsp3) is 0.429. The van der Waals surface area contributed by atoms with Crippen molar-refractivity contribution < 1.29 is 9.59 Å². The Balaban J connectivity index is 1.92. The quantitative estimate of drug-likeness (QED) is 0.919. The minimum Gasteiger partial charge on any atom is -0.348 e. The molecule has 2 amide bonds. The lowest BCUT2D eigenvalue weighted by atomic mass is 10.0. The van der Waals surface area contributed by atoms with Crippen LogP contribution in [0.1, 0.15) is 24.1 Å². The number of thioether (sulfide) groups is 1. The van der Waals surface area contributed by atoms with Crippen LogP contribution in [0.5, 0.6) is 0 Å². The van der Waals surface area contributed by atoms with Crippen LogP contribution in [0.4, 0.5) is 4.79 Å². The fourth-order valence-corrected chi connectivity index (χ4v) is 3.00. The molecule has 1 saturated heterocycles. The summed E-state index contributed by atoms with van der Waals surface area (Å²) in [6, 6.07) is 7.94. The van der Waals surface area contributed by atoms with Gasteiger partial charge in [-0.05, 0) is 25.0 Å². The maximum Gasteiger partial charge on any atom is 0.282 e. The number of hydrogen-bond acceptors (Lipinski definition) is 3. The Hall–Kier alpha value is -1.49. The first-order valence-corrected chi connectivity index (χ1v) is 7.33. The van der Waals surface area contributed by atoms with E-state index in [1.165, 1.54) is 11.8 Å². The van der Waals surface area contributed by atoms with E-state index >= 15 is 0 Å². The molecule has 1 aliphatic heterocycles. The van der Waals surface area contributed by atoms with Gasteiger partial charge >= 0.3 is 0 Å². The number of carbonyl (C=O) groups excluding carboxylic acids is 2. The number of rotatable bonds is 4. The largest absolute Gasteiger partial charge is 0.348 e. The molecule has 1 aromatic carbocycles. The zero-order valence-electron chi connectivity index (χ0n) is 11.2. The Morgan fingerprint density at radius 3 is 2.84 bits per heavy atom. The van der Waals surface area contributed by atoms with E-state index in [1.807, 2.05) is 38.1 Å². The van der Waals surface area contributed by atoms with Crippen LogP contribution in [0.2, 0.25) is 0 Å². The van der Waals surface area contributed by atoms with Gasteiger partial charge < -0.3 is 10.2 Å². The molecule has 0 saturated carbocycles. The molecule has 2 rings (SSSR count). The Bertz CT molecular complexity index is 490. The van der Waals surface area contributed by atoms with E-state index in [2.05, 4.69) is 5.32 Å². The lowest BCUT2D eigenvalue weighted by molar-refractivity contribution is -0.122. The molecule has 0 radical (unpaired) electrons. The molecule has 0 aromatic heterocycles. The van der Waals surface area contributed by atoms with E-state index in [0.717, 1.165) is 16.9 Å². The number of nitrogens with zero attached hydrogens (tertiary/aromatic N) is 1. The van der Waals surface area contributed by atoms with Gasteiger partial charge in [0.2, 0.25) is 5.91 Å². The van der Waals surface area contributed by atoms with E-state index in [0.29, 0.717) is 6.54 Å². The Labute approximate surface area is 117 Å². The van der Waals surface area contributed by atoms with Crippen molar-refractivity contribution in [2.45, 2.75) is 19.9 Å². The molecule has 1 unspecified atom stereocenters. The van der Waals surface area contributed by atoms with Crippen molar-refractivity contribution >= 4 is 22.9 Å². The van der Waals surface area contributed by atoms with Gasteiger partial charge in [-0.25, -0.2) is 0 Å². The van der Waals surface area contributed by atoms with Crippen LogP contribution in [-0.2, 0) is 4.79 Å². The molecular formula is C14H18N2O2S. The van der Waals surface area contributed by atoms with Gasteiger partial charge in [-0.15, -0.1) is 0 Å². The molecule has 0 spiro atoms. The van der Waals surface area contributed by atoms with Crippen LogP contribution in [-0.4, -0.2) is 34.9 Å². The van der Waals surface area contributed by atoms with E-state index in [1.54, 1.807) is 4.90 Å². The van der Waals surface area contributed by atoms with Crippen LogP contribution in [0.3, 0.4) is 0 Å². The normalized spacial score (nSPS) is 16.5. The van der Waals surface area contributed by atoms with Crippen molar-refractivity contribution in [3.8, 4) is 0 Å². The lowest BCUT2D eigenvalue weighted by Crippen LogP contribution is -2.38. The first kappa shape index (κ1) is 13.9. The number of hydrogen-bond donors (Lipinski definition) is 1. The van der Waals surface area contributed by atoms with E-state index in [9.17, 15) is 9.59 Å². The van der Waals surface area contributed by atoms with Gasteiger partial charge in [0.1, 0.15) is 6.54 Å². The summed E-state index contributed by atoms with van der Waals surface area (Å²) in [5, 5.41) is 2.94. The van der Waals surface area contributed by atoms with Crippen molar-refractivity contribution in [1.82, 2.24) is 10.2 Å². The van der Waals surface area contributed by atoms with Crippen LogP contribution in [0, 0.1) is 6.92 Å². The summed E-state index contributed by atoms with van der Waals surface area (Å²) in [5.41, 5.74) is 2.26. The van der Waals surface area contributed by atoms with Crippen LogP contribution < -0.4 is 5.32 Å². The molecule has 19 heavy (non-hydrogen) atoms. The second kappa shape index (κ2) is 6.10. The average molecular weight is 278 g/mol. The molecule has 1 fully saturated rings. The molecule has 0 bridgehead atoms. The van der Waals surface area contributed by atoms with Crippen molar-refractivity contribution in [2.75, 3.05) is 18.8 Å². The first-order valence-electron chi connectivity index (χ1n) is 6.34. The highest BCUT2D eigenvalue weighted by molar-refractivity contribution is 8.13. The van der Waals surface area contributed by atoms with E-state index in [4.69, 9.17) is 0 Å². The zero-order chi connectivity index (χ0) is 13.8. The van der Waals surface area contributed by atoms with Gasteiger partial charge in [-0.2, -0.15) is 0 Å². The smallest absolute Gasteiger partial charge is 0.282 e. The van der Waals surface area contributed by atoms with Gasteiger partial charge in [0.25, 0.3) is 5.24 Å². The number of carbonyl (C=O) groups is 2. The molecule has 0 aliphatic carbocycles. The maximum absolute atomic E-state index is 11.9. The summed E-state index contributed by atoms with van der Waals surface area (Å²) in [6.45, 7) is 4.80. The monoisotopic (exact) mass is 278 g/mol. The highest BCUT2D eigenvalue weighted by Gasteiger charge is 2.23. The van der Waals surface area contributed by atoms with Crippen molar-refractivity contribution in [3.63, 3.8) is 0 Å². The van der Waals surface area contributed by atoms with E-state index in [-0.39, 0.29) is 23.7 Å². The van der Waals surface area contributed by atoms with Crippen molar-refractivity contribution in [1.29, 1.82) is 0 Å². The molecule has 1 atom stereocenters. The average Bonchev–Trinajstić information content (AvgIpc) is 2.75.